The van der Waals surface area contributed by atoms with Crippen LogP contribution in [0.15, 0.2) is 0 Å². The first kappa shape index (κ1) is 14.3. The lowest BCUT2D eigenvalue weighted by Crippen LogP contribution is -2.47. The Labute approximate surface area is 110 Å². The highest BCUT2D eigenvalue weighted by molar-refractivity contribution is 5.07. The summed E-state index contributed by atoms with van der Waals surface area (Å²) in [7, 11) is 0. The largest absolute Gasteiger partial charge is 0.392 e. The zero-order chi connectivity index (χ0) is 13.7. The summed E-state index contributed by atoms with van der Waals surface area (Å²) >= 11 is 0. The smallest absolute Gasteiger partial charge is 0.0676 e. The van der Waals surface area contributed by atoms with Gasteiger partial charge in [0.25, 0.3) is 0 Å². The van der Waals surface area contributed by atoms with E-state index in [0.29, 0.717) is 12.3 Å². The van der Waals surface area contributed by atoms with Crippen LogP contribution >= 0.6 is 0 Å². The lowest BCUT2D eigenvalue weighted by atomic mass is 9.73. The highest BCUT2D eigenvalue weighted by atomic mass is 16.3. The molecule has 106 valence electrons. The maximum Gasteiger partial charge on any atom is 0.0676 e. The first-order valence-corrected chi connectivity index (χ1v) is 7.29. The molecule has 3 heteroatoms. The van der Waals surface area contributed by atoms with Crippen LogP contribution in [0.4, 0.5) is 0 Å². The monoisotopic (exact) mass is 256 g/mol. The summed E-state index contributed by atoms with van der Waals surface area (Å²) in [6, 6.07) is 0. The van der Waals surface area contributed by atoms with Gasteiger partial charge in [0.1, 0.15) is 0 Å². The Kier molecular flexibility index (Phi) is 3.54. The Morgan fingerprint density at radius 1 is 1.00 bits per heavy atom. The van der Waals surface area contributed by atoms with Crippen molar-refractivity contribution in [2.45, 2.75) is 70.7 Å². The number of fused-ring (bicyclic) bond motifs is 1. The summed E-state index contributed by atoms with van der Waals surface area (Å²) in [6.45, 7) is 7.93. The average Bonchev–Trinajstić information content (AvgIpc) is 2.48. The minimum atomic E-state index is -0.842. The SMILES string of the molecule is CC(C)[C@@H]1CC[C@@](C)(O)[C@@H]2CC[C@](C)(O)[C@H]2[C@@H]1O. The van der Waals surface area contributed by atoms with Crippen molar-refractivity contribution < 1.29 is 15.3 Å². The highest BCUT2D eigenvalue weighted by Gasteiger charge is 2.56. The molecule has 2 rings (SSSR count). The maximum atomic E-state index is 10.7. The molecule has 2 aliphatic rings. The van der Waals surface area contributed by atoms with E-state index in [1.807, 2.05) is 13.8 Å². The lowest BCUT2D eigenvalue weighted by Gasteiger charge is -2.39. The third-order valence-corrected chi connectivity index (χ3v) is 5.56. The number of aliphatic hydroxyl groups excluding tert-OH is 1. The fourth-order valence-corrected chi connectivity index (χ4v) is 4.34. The topological polar surface area (TPSA) is 60.7 Å². The third-order valence-electron chi connectivity index (χ3n) is 5.56. The van der Waals surface area contributed by atoms with Gasteiger partial charge in [-0.1, -0.05) is 13.8 Å². The van der Waals surface area contributed by atoms with Gasteiger partial charge in [0.05, 0.1) is 17.3 Å². The van der Waals surface area contributed by atoms with Gasteiger partial charge in [-0.25, -0.2) is 0 Å². The summed E-state index contributed by atoms with van der Waals surface area (Å²) in [6.07, 6.45) is 2.56. The van der Waals surface area contributed by atoms with E-state index in [0.717, 1.165) is 19.3 Å². The zero-order valence-corrected chi connectivity index (χ0v) is 12.1. The molecule has 0 amide bonds. The lowest BCUT2D eigenvalue weighted by molar-refractivity contribution is -0.101. The fraction of sp³-hybridized carbons (Fsp3) is 1.00. The first-order chi connectivity index (χ1) is 8.17. The normalized spacial score (nSPS) is 53.3. The van der Waals surface area contributed by atoms with Gasteiger partial charge < -0.3 is 15.3 Å². The van der Waals surface area contributed by atoms with Crippen LogP contribution in [0, 0.1) is 23.7 Å². The minimum Gasteiger partial charge on any atom is -0.392 e. The average molecular weight is 256 g/mol. The minimum absolute atomic E-state index is 0.0197. The van der Waals surface area contributed by atoms with Crippen LogP contribution in [-0.4, -0.2) is 32.6 Å². The standard InChI is InChI=1S/C15H28O3/c1-9(2)10-5-7-14(3,17)11-6-8-15(4,18)12(11)13(10)16/h9-13,16-18H,5-8H2,1-4H3/t10-,11+,12+,13+,14+,15-/m0/s1. The second-order valence-corrected chi connectivity index (χ2v) is 7.32. The summed E-state index contributed by atoms with van der Waals surface area (Å²) in [5.41, 5.74) is -1.60. The molecule has 3 nitrogen and oxygen atoms in total. The molecular weight excluding hydrogens is 228 g/mol. The number of hydrogen-bond acceptors (Lipinski definition) is 3. The van der Waals surface area contributed by atoms with Crippen molar-refractivity contribution >= 4 is 0 Å². The van der Waals surface area contributed by atoms with Gasteiger partial charge in [0.2, 0.25) is 0 Å². The molecule has 0 aromatic rings. The molecule has 2 saturated carbocycles. The Bertz CT molecular complexity index is 309. The summed E-state index contributed by atoms with van der Waals surface area (Å²) < 4.78 is 0. The quantitative estimate of drug-likeness (QED) is 0.672. The van der Waals surface area contributed by atoms with E-state index in [9.17, 15) is 15.3 Å². The molecule has 0 unspecified atom stereocenters. The molecule has 0 heterocycles. The van der Waals surface area contributed by atoms with Gasteiger partial charge in [0, 0.05) is 5.92 Å². The van der Waals surface area contributed by atoms with Crippen LogP contribution in [0.2, 0.25) is 0 Å². The molecular formula is C15H28O3. The summed E-state index contributed by atoms with van der Waals surface area (Å²) in [5.74, 6) is 0.385. The van der Waals surface area contributed by atoms with Crippen molar-refractivity contribution in [3.05, 3.63) is 0 Å². The van der Waals surface area contributed by atoms with Gasteiger partial charge in [0.15, 0.2) is 0 Å². The van der Waals surface area contributed by atoms with Crippen LogP contribution in [0.3, 0.4) is 0 Å². The maximum absolute atomic E-state index is 10.7. The van der Waals surface area contributed by atoms with Gasteiger partial charge in [-0.3, -0.25) is 0 Å². The van der Waals surface area contributed by atoms with E-state index in [1.165, 1.54) is 0 Å². The van der Waals surface area contributed by atoms with Gasteiger partial charge in [-0.05, 0) is 57.3 Å². The Balaban J connectivity index is 2.36. The number of rotatable bonds is 1. The Morgan fingerprint density at radius 3 is 2.11 bits per heavy atom. The van der Waals surface area contributed by atoms with Crippen LogP contribution in [-0.2, 0) is 0 Å². The van der Waals surface area contributed by atoms with Crippen molar-refractivity contribution in [1.82, 2.24) is 0 Å². The molecule has 18 heavy (non-hydrogen) atoms. The second kappa shape index (κ2) is 4.46. The Morgan fingerprint density at radius 2 is 1.56 bits per heavy atom. The molecule has 0 spiro atoms. The van der Waals surface area contributed by atoms with E-state index in [2.05, 4.69) is 13.8 Å². The molecule has 0 bridgehead atoms. The van der Waals surface area contributed by atoms with Crippen molar-refractivity contribution in [3.8, 4) is 0 Å². The van der Waals surface area contributed by atoms with E-state index < -0.39 is 17.3 Å². The van der Waals surface area contributed by atoms with Crippen molar-refractivity contribution in [2.24, 2.45) is 23.7 Å². The predicted octanol–water partition coefficient (Wildman–Crippen LogP) is 1.94. The van der Waals surface area contributed by atoms with Crippen LogP contribution in [0.5, 0.6) is 0 Å². The van der Waals surface area contributed by atoms with Crippen LogP contribution < -0.4 is 0 Å². The predicted molar refractivity (Wildman–Crippen MR) is 71.0 cm³/mol. The molecule has 0 aliphatic heterocycles. The van der Waals surface area contributed by atoms with Crippen molar-refractivity contribution in [3.63, 3.8) is 0 Å². The van der Waals surface area contributed by atoms with Gasteiger partial charge in [-0.2, -0.15) is 0 Å². The fourth-order valence-electron chi connectivity index (χ4n) is 4.34. The van der Waals surface area contributed by atoms with Gasteiger partial charge >= 0.3 is 0 Å². The van der Waals surface area contributed by atoms with Gasteiger partial charge in [-0.15, -0.1) is 0 Å². The third kappa shape index (κ3) is 2.21. The van der Waals surface area contributed by atoms with Crippen LogP contribution in [0.25, 0.3) is 0 Å². The van der Waals surface area contributed by atoms with E-state index >= 15 is 0 Å². The molecule has 2 fully saturated rings. The molecule has 0 radical (unpaired) electrons. The number of aliphatic hydroxyl groups is 3. The first-order valence-electron chi connectivity index (χ1n) is 7.29. The summed E-state index contributed by atoms with van der Waals surface area (Å²) in [5, 5.41) is 31.9. The van der Waals surface area contributed by atoms with E-state index in [-0.39, 0.29) is 17.8 Å². The Hall–Kier alpha value is -0.120. The highest BCUT2D eigenvalue weighted by Crippen LogP contribution is 2.52. The molecule has 0 aromatic carbocycles. The molecule has 2 aliphatic carbocycles. The second-order valence-electron chi connectivity index (χ2n) is 7.32. The van der Waals surface area contributed by atoms with Crippen molar-refractivity contribution in [1.29, 1.82) is 0 Å². The summed E-state index contributed by atoms with van der Waals surface area (Å²) in [4.78, 5) is 0. The van der Waals surface area contributed by atoms with Crippen molar-refractivity contribution in [2.75, 3.05) is 0 Å². The molecule has 0 aromatic heterocycles. The zero-order valence-electron chi connectivity index (χ0n) is 12.1. The molecule has 6 atom stereocenters. The molecule has 0 saturated heterocycles. The molecule has 3 N–H and O–H groups in total. The van der Waals surface area contributed by atoms with Crippen LogP contribution in [0.1, 0.15) is 53.4 Å². The number of hydrogen-bond donors (Lipinski definition) is 3. The van der Waals surface area contributed by atoms with E-state index in [1.54, 1.807) is 0 Å². The van der Waals surface area contributed by atoms with E-state index in [4.69, 9.17) is 0 Å².